The van der Waals surface area contributed by atoms with E-state index in [9.17, 15) is 4.79 Å². The van der Waals surface area contributed by atoms with Crippen LogP contribution in [0.15, 0.2) is 12.2 Å². The molecule has 1 fully saturated rings. The number of carbonyl (C=O) groups excluding carboxylic acids is 1. The van der Waals surface area contributed by atoms with Crippen LogP contribution >= 0.6 is 0 Å². The van der Waals surface area contributed by atoms with Gasteiger partial charge in [-0.2, -0.15) is 0 Å². The number of hydrogen-bond acceptors (Lipinski definition) is 2. The summed E-state index contributed by atoms with van der Waals surface area (Å²) in [6.45, 7) is 23.6. The summed E-state index contributed by atoms with van der Waals surface area (Å²) in [5.74, 6) is 0.592. The van der Waals surface area contributed by atoms with Crippen LogP contribution in [0.25, 0.3) is 0 Å². The van der Waals surface area contributed by atoms with Gasteiger partial charge in [0.15, 0.2) is 0 Å². The molecule has 140 valence electrons. The van der Waals surface area contributed by atoms with Gasteiger partial charge in [-0.05, 0) is 55.4 Å². The molecule has 0 aromatic heterocycles. The van der Waals surface area contributed by atoms with Gasteiger partial charge in [-0.15, -0.1) is 0 Å². The third kappa shape index (κ3) is 4.64. The van der Waals surface area contributed by atoms with E-state index in [2.05, 4.69) is 55.0 Å². The lowest BCUT2D eigenvalue weighted by molar-refractivity contribution is -0.163. The molecule has 0 spiro atoms. The molecule has 1 aliphatic rings. The molecule has 1 unspecified atom stereocenters. The van der Waals surface area contributed by atoms with E-state index in [0.717, 1.165) is 37.7 Å². The van der Waals surface area contributed by atoms with E-state index >= 15 is 0 Å². The fourth-order valence-corrected chi connectivity index (χ4v) is 3.91. The molecule has 0 amide bonds. The molecule has 24 heavy (non-hydrogen) atoms. The molecule has 2 nitrogen and oxygen atoms in total. The van der Waals surface area contributed by atoms with Crippen molar-refractivity contribution in [2.45, 2.75) is 100 Å². The van der Waals surface area contributed by atoms with Crippen molar-refractivity contribution in [1.82, 2.24) is 0 Å². The van der Waals surface area contributed by atoms with Gasteiger partial charge in [0.25, 0.3) is 0 Å². The molecular formula is C22H40O2. The Morgan fingerprint density at radius 3 is 1.92 bits per heavy atom. The number of ether oxygens (including phenoxy) is 1. The maximum Gasteiger partial charge on any atom is 0.313 e. The summed E-state index contributed by atoms with van der Waals surface area (Å²) in [6, 6.07) is 0. The highest BCUT2D eigenvalue weighted by molar-refractivity contribution is 5.82. The molecule has 0 aromatic carbocycles. The summed E-state index contributed by atoms with van der Waals surface area (Å²) in [7, 11) is 0. The lowest BCUT2D eigenvalue weighted by Crippen LogP contribution is -2.37. The van der Waals surface area contributed by atoms with Gasteiger partial charge in [0.2, 0.25) is 0 Å². The number of carbonyl (C=O) groups is 1. The highest BCUT2D eigenvalue weighted by Crippen LogP contribution is 2.68. The first-order valence-electron chi connectivity index (χ1n) is 9.62. The zero-order valence-electron chi connectivity index (χ0n) is 17.6. The highest BCUT2D eigenvalue weighted by Gasteiger charge is 2.68. The first kappa shape index (κ1) is 21.3. The summed E-state index contributed by atoms with van der Waals surface area (Å²) in [5, 5.41) is 0. The Bertz CT molecular complexity index is 475. The second kappa shape index (κ2) is 6.84. The van der Waals surface area contributed by atoms with E-state index in [-0.39, 0.29) is 22.2 Å². The Hall–Kier alpha value is -0.790. The molecule has 0 bridgehead atoms. The maximum atomic E-state index is 13.1. The van der Waals surface area contributed by atoms with Gasteiger partial charge in [-0.1, -0.05) is 67.9 Å². The molecule has 0 heterocycles. The molecule has 1 atom stereocenters. The summed E-state index contributed by atoms with van der Waals surface area (Å²) in [5.41, 5.74) is 0.253. The number of hydrogen-bond donors (Lipinski definition) is 0. The molecule has 0 saturated heterocycles. The number of esters is 1. The summed E-state index contributed by atoms with van der Waals surface area (Å²) in [4.78, 5) is 13.1. The van der Waals surface area contributed by atoms with Gasteiger partial charge in [0.1, 0.15) is 5.60 Å². The second-order valence-corrected chi connectivity index (χ2v) is 10.3. The Balaban J connectivity index is 2.86. The van der Waals surface area contributed by atoms with Crippen LogP contribution in [0.2, 0.25) is 0 Å². The second-order valence-electron chi connectivity index (χ2n) is 10.3. The molecule has 0 radical (unpaired) electrons. The maximum absolute atomic E-state index is 13.1. The third-order valence-corrected chi connectivity index (χ3v) is 6.03. The molecule has 0 aromatic rings. The van der Waals surface area contributed by atoms with E-state index in [1.165, 1.54) is 0 Å². The van der Waals surface area contributed by atoms with E-state index in [1.807, 2.05) is 13.8 Å². The van der Waals surface area contributed by atoms with Crippen molar-refractivity contribution < 1.29 is 9.53 Å². The fourth-order valence-electron chi connectivity index (χ4n) is 3.91. The Morgan fingerprint density at radius 1 is 1.12 bits per heavy atom. The quantitative estimate of drug-likeness (QED) is 0.371. The predicted molar refractivity (Wildman–Crippen MR) is 103 cm³/mol. The smallest absolute Gasteiger partial charge is 0.313 e. The summed E-state index contributed by atoms with van der Waals surface area (Å²) >= 11 is 0. The topological polar surface area (TPSA) is 26.3 Å². The van der Waals surface area contributed by atoms with Crippen molar-refractivity contribution >= 4 is 5.97 Å². The fraction of sp³-hybridized carbons (Fsp3) is 0.864. The molecule has 0 N–H and O–H groups in total. The molecule has 1 rings (SSSR count). The van der Waals surface area contributed by atoms with Crippen LogP contribution in [0.5, 0.6) is 0 Å². The van der Waals surface area contributed by atoms with Crippen molar-refractivity contribution in [1.29, 1.82) is 0 Å². The van der Waals surface area contributed by atoms with Crippen LogP contribution in [0.3, 0.4) is 0 Å². The zero-order valence-corrected chi connectivity index (χ0v) is 17.6. The predicted octanol–water partition coefficient (Wildman–Crippen LogP) is 6.54. The average Bonchev–Trinajstić information content (AvgIpc) is 2.95. The van der Waals surface area contributed by atoms with Gasteiger partial charge < -0.3 is 4.74 Å². The highest BCUT2D eigenvalue weighted by atomic mass is 16.6. The molecule has 1 aliphatic carbocycles. The van der Waals surface area contributed by atoms with E-state index in [1.54, 1.807) is 0 Å². The van der Waals surface area contributed by atoms with E-state index < -0.39 is 5.60 Å². The van der Waals surface area contributed by atoms with Crippen LogP contribution in [-0.2, 0) is 9.53 Å². The lowest BCUT2D eigenvalue weighted by atomic mass is 9.78. The van der Waals surface area contributed by atoms with Gasteiger partial charge in [-0.25, -0.2) is 0 Å². The van der Waals surface area contributed by atoms with Crippen molar-refractivity contribution in [3.05, 3.63) is 12.2 Å². The average molecular weight is 337 g/mol. The third-order valence-electron chi connectivity index (χ3n) is 6.03. The van der Waals surface area contributed by atoms with Crippen molar-refractivity contribution in [3.8, 4) is 0 Å². The Kier molecular flexibility index (Phi) is 6.06. The SMILES string of the molecule is C=C(CC(CC)CC)C(C)(C)OC(=O)C1(CC(C)(C)C)CC1(C)C. The van der Waals surface area contributed by atoms with Gasteiger partial charge >= 0.3 is 5.97 Å². The van der Waals surface area contributed by atoms with Crippen LogP contribution in [-0.4, -0.2) is 11.6 Å². The monoisotopic (exact) mass is 336 g/mol. The lowest BCUT2D eigenvalue weighted by Gasteiger charge is -2.34. The molecule has 1 saturated carbocycles. The van der Waals surface area contributed by atoms with Gasteiger partial charge in [0, 0.05) is 0 Å². The van der Waals surface area contributed by atoms with Crippen LogP contribution in [0, 0.1) is 22.2 Å². The van der Waals surface area contributed by atoms with Crippen LogP contribution < -0.4 is 0 Å². The standard InChI is InChI=1S/C22H40O2/c1-11-17(12-2)13-16(3)21(9,10)24-18(23)22(14-19(4,5)6)15-20(22,7)8/h17H,3,11-15H2,1-2,4-10H3. The minimum Gasteiger partial charge on any atom is -0.455 e. The molecule has 2 heteroatoms. The van der Waals surface area contributed by atoms with E-state index in [4.69, 9.17) is 4.74 Å². The van der Waals surface area contributed by atoms with Gasteiger partial charge in [0.05, 0.1) is 5.41 Å². The summed E-state index contributed by atoms with van der Waals surface area (Å²) in [6.07, 6.45) is 5.01. The summed E-state index contributed by atoms with van der Waals surface area (Å²) < 4.78 is 6.06. The Labute approximate surface area is 150 Å². The number of rotatable bonds is 8. The first-order chi connectivity index (χ1) is 10.7. The van der Waals surface area contributed by atoms with Crippen molar-refractivity contribution in [3.63, 3.8) is 0 Å². The van der Waals surface area contributed by atoms with Crippen LogP contribution in [0.1, 0.15) is 94.4 Å². The molecular weight excluding hydrogens is 296 g/mol. The van der Waals surface area contributed by atoms with Crippen molar-refractivity contribution in [2.75, 3.05) is 0 Å². The zero-order chi connectivity index (χ0) is 19.0. The first-order valence-corrected chi connectivity index (χ1v) is 9.62. The Morgan fingerprint density at radius 2 is 1.58 bits per heavy atom. The minimum atomic E-state index is -0.594. The largest absolute Gasteiger partial charge is 0.455 e. The normalized spacial score (nSPS) is 23.2. The van der Waals surface area contributed by atoms with Crippen molar-refractivity contribution in [2.24, 2.45) is 22.2 Å². The minimum absolute atomic E-state index is 0.0295. The van der Waals surface area contributed by atoms with Crippen LogP contribution in [0.4, 0.5) is 0 Å². The van der Waals surface area contributed by atoms with E-state index in [0.29, 0.717) is 5.92 Å². The molecule has 0 aliphatic heterocycles. The van der Waals surface area contributed by atoms with Gasteiger partial charge in [-0.3, -0.25) is 4.79 Å².